The molecule has 0 aromatic carbocycles. The Labute approximate surface area is 107 Å². The summed E-state index contributed by atoms with van der Waals surface area (Å²) in [6.07, 6.45) is 6.30. The molecule has 1 saturated carbocycles. The van der Waals surface area contributed by atoms with E-state index in [9.17, 15) is 5.11 Å². The smallest absolute Gasteiger partial charge is 0.0610 e. The molecule has 1 fully saturated rings. The molecule has 2 unspecified atom stereocenters. The molecule has 102 valence electrons. The van der Waals surface area contributed by atoms with E-state index in [1.165, 1.54) is 32.2 Å². The largest absolute Gasteiger partial charge is 0.394 e. The zero-order chi connectivity index (χ0) is 12.9. The van der Waals surface area contributed by atoms with Gasteiger partial charge in [0, 0.05) is 11.6 Å². The van der Waals surface area contributed by atoms with Gasteiger partial charge in [0.2, 0.25) is 0 Å². The van der Waals surface area contributed by atoms with E-state index in [0.717, 1.165) is 18.4 Å². The van der Waals surface area contributed by atoms with Crippen LogP contribution in [0, 0.1) is 5.92 Å². The molecule has 0 aromatic rings. The van der Waals surface area contributed by atoms with E-state index in [2.05, 4.69) is 31.1 Å². The summed E-state index contributed by atoms with van der Waals surface area (Å²) in [5, 5.41) is 12.5. The Balaban J connectivity index is 2.10. The second-order valence-electron chi connectivity index (χ2n) is 5.98. The molecule has 1 rings (SSSR count). The average molecular weight is 242 g/mol. The van der Waals surface area contributed by atoms with E-state index in [0.29, 0.717) is 0 Å². The number of aliphatic hydroxyl groups is 1. The lowest BCUT2D eigenvalue weighted by Crippen LogP contribution is -2.43. The van der Waals surface area contributed by atoms with Gasteiger partial charge in [-0.1, -0.05) is 6.42 Å². The average Bonchev–Trinajstić information content (AvgIpc) is 3.17. The molecular weight excluding hydrogens is 212 g/mol. The summed E-state index contributed by atoms with van der Waals surface area (Å²) in [7, 11) is 4.17. The highest BCUT2D eigenvalue weighted by Gasteiger charge is 2.30. The van der Waals surface area contributed by atoms with E-state index in [1.807, 2.05) is 7.05 Å². The van der Waals surface area contributed by atoms with Gasteiger partial charge in [-0.05, 0) is 66.1 Å². The van der Waals surface area contributed by atoms with Crippen molar-refractivity contribution in [1.29, 1.82) is 0 Å². The van der Waals surface area contributed by atoms with Gasteiger partial charge in [0.1, 0.15) is 0 Å². The van der Waals surface area contributed by atoms with Crippen molar-refractivity contribution in [3.05, 3.63) is 0 Å². The van der Waals surface area contributed by atoms with Crippen LogP contribution in [0.4, 0.5) is 0 Å². The van der Waals surface area contributed by atoms with Crippen LogP contribution in [0.15, 0.2) is 0 Å². The number of hydrogen-bond acceptors (Lipinski definition) is 3. The molecule has 2 N–H and O–H groups in total. The van der Waals surface area contributed by atoms with Gasteiger partial charge in [0.25, 0.3) is 0 Å². The van der Waals surface area contributed by atoms with Crippen LogP contribution in [0.5, 0.6) is 0 Å². The van der Waals surface area contributed by atoms with E-state index < -0.39 is 0 Å². The SMILES string of the molecule is CNC(C)(CO)CCCCN(C)C(C)C1CC1. The molecule has 17 heavy (non-hydrogen) atoms. The fourth-order valence-corrected chi connectivity index (χ4v) is 2.30. The van der Waals surface area contributed by atoms with Gasteiger partial charge >= 0.3 is 0 Å². The van der Waals surface area contributed by atoms with Crippen molar-refractivity contribution in [2.75, 3.05) is 27.2 Å². The first-order chi connectivity index (χ1) is 8.02. The van der Waals surface area contributed by atoms with Gasteiger partial charge < -0.3 is 15.3 Å². The molecule has 3 nitrogen and oxygen atoms in total. The Bertz CT molecular complexity index is 212. The maximum absolute atomic E-state index is 9.29. The predicted octanol–water partition coefficient (Wildman–Crippen LogP) is 1.86. The summed E-state index contributed by atoms with van der Waals surface area (Å²) in [5.41, 5.74) is -0.0965. The number of likely N-dealkylation sites (N-methyl/N-ethyl adjacent to an activating group) is 1. The van der Waals surface area contributed by atoms with Gasteiger partial charge in [-0.3, -0.25) is 0 Å². The van der Waals surface area contributed by atoms with E-state index in [1.54, 1.807) is 0 Å². The quantitative estimate of drug-likeness (QED) is 0.606. The fraction of sp³-hybridized carbons (Fsp3) is 1.00. The number of aliphatic hydroxyl groups excluding tert-OH is 1. The van der Waals surface area contributed by atoms with Crippen molar-refractivity contribution >= 4 is 0 Å². The van der Waals surface area contributed by atoms with Crippen molar-refractivity contribution in [1.82, 2.24) is 10.2 Å². The molecule has 0 amide bonds. The predicted molar refractivity (Wildman–Crippen MR) is 73.2 cm³/mol. The summed E-state index contributed by atoms with van der Waals surface area (Å²) in [6, 6.07) is 0.753. The first kappa shape index (κ1) is 14.9. The third-order valence-corrected chi connectivity index (χ3v) is 4.44. The van der Waals surface area contributed by atoms with E-state index in [-0.39, 0.29) is 12.1 Å². The van der Waals surface area contributed by atoms with Crippen LogP contribution in [0.3, 0.4) is 0 Å². The fourth-order valence-electron chi connectivity index (χ4n) is 2.30. The summed E-state index contributed by atoms with van der Waals surface area (Å²) in [5.74, 6) is 0.958. The van der Waals surface area contributed by atoms with Gasteiger partial charge in [-0.25, -0.2) is 0 Å². The molecule has 0 spiro atoms. The summed E-state index contributed by atoms with van der Waals surface area (Å²) < 4.78 is 0. The first-order valence-corrected chi connectivity index (χ1v) is 7.02. The van der Waals surface area contributed by atoms with Gasteiger partial charge in [0.15, 0.2) is 0 Å². The lowest BCUT2D eigenvalue weighted by Gasteiger charge is -2.28. The van der Waals surface area contributed by atoms with Crippen molar-refractivity contribution in [3.8, 4) is 0 Å². The van der Waals surface area contributed by atoms with Crippen LogP contribution < -0.4 is 5.32 Å². The van der Waals surface area contributed by atoms with Crippen LogP contribution in [-0.4, -0.2) is 48.8 Å². The van der Waals surface area contributed by atoms with Crippen molar-refractivity contribution in [3.63, 3.8) is 0 Å². The van der Waals surface area contributed by atoms with Gasteiger partial charge in [0.05, 0.1) is 6.61 Å². The number of rotatable bonds is 9. The highest BCUT2D eigenvalue weighted by atomic mass is 16.3. The lowest BCUT2D eigenvalue weighted by molar-refractivity contribution is 0.166. The molecular formula is C14H30N2O. The van der Waals surface area contributed by atoms with Crippen molar-refractivity contribution in [2.24, 2.45) is 5.92 Å². The Morgan fingerprint density at radius 2 is 2.06 bits per heavy atom. The second kappa shape index (κ2) is 6.72. The number of hydrogen-bond donors (Lipinski definition) is 2. The van der Waals surface area contributed by atoms with Crippen LogP contribution in [-0.2, 0) is 0 Å². The molecule has 1 aliphatic rings. The number of nitrogens with zero attached hydrogens (tertiary/aromatic N) is 1. The van der Waals surface area contributed by atoms with Crippen LogP contribution in [0.25, 0.3) is 0 Å². The Kier molecular flexibility index (Phi) is 5.90. The third kappa shape index (κ3) is 4.94. The molecule has 3 heteroatoms. The molecule has 0 aliphatic heterocycles. The summed E-state index contributed by atoms with van der Waals surface area (Å²) in [6.45, 7) is 5.84. The minimum atomic E-state index is -0.0965. The monoisotopic (exact) mass is 242 g/mol. The Morgan fingerprint density at radius 3 is 2.53 bits per heavy atom. The highest BCUT2D eigenvalue weighted by molar-refractivity contribution is 4.84. The van der Waals surface area contributed by atoms with E-state index >= 15 is 0 Å². The van der Waals surface area contributed by atoms with Crippen LogP contribution in [0.2, 0.25) is 0 Å². The molecule has 0 radical (unpaired) electrons. The molecule has 0 aromatic heterocycles. The van der Waals surface area contributed by atoms with Crippen LogP contribution in [0.1, 0.15) is 46.0 Å². The highest BCUT2D eigenvalue weighted by Crippen LogP contribution is 2.34. The standard InChI is InChI=1S/C14H30N2O/c1-12(13-7-8-13)16(4)10-6-5-9-14(2,11-17)15-3/h12-13,15,17H,5-11H2,1-4H3. The zero-order valence-corrected chi connectivity index (χ0v) is 12.0. The number of nitrogens with one attached hydrogen (secondary N) is 1. The number of unbranched alkanes of at least 4 members (excludes halogenated alkanes) is 1. The van der Waals surface area contributed by atoms with Gasteiger partial charge in [-0.2, -0.15) is 0 Å². The zero-order valence-electron chi connectivity index (χ0n) is 12.0. The minimum absolute atomic E-state index is 0.0965. The van der Waals surface area contributed by atoms with Gasteiger partial charge in [-0.15, -0.1) is 0 Å². The summed E-state index contributed by atoms with van der Waals surface area (Å²) >= 11 is 0. The molecule has 0 bridgehead atoms. The molecule has 2 atom stereocenters. The Morgan fingerprint density at radius 1 is 1.41 bits per heavy atom. The van der Waals surface area contributed by atoms with Crippen LogP contribution >= 0.6 is 0 Å². The van der Waals surface area contributed by atoms with E-state index in [4.69, 9.17) is 0 Å². The lowest BCUT2D eigenvalue weighted by atomic mass is 9.96. The summed E-state index contributed by atoms with van der Waals surface area (Å²) in [4.78, 5) is 2.49. The Hall–Kier alpha value is -0.120. The maximum atomic E-state index is 9.29. The first-order valence-electron chi connectivity index (χ1n) is 7.02. The minimum Gasteiger partial charge on any atom is -0.394 e. The normalized spacial score (nSPS) is 21.5. The van der Waals surface area contributed by atoms with Crippen molar-refractivity contribution in [2.45, 2.75) is 57.5 Å². The molecule has 0 saturated heterocycles. The molecule has 1 aliphatic carbocycles. The topological polar surface area (TPSA) is 35.5 Å². The third-order valence-electron chi connectivity index (χ3n) is 4.44. The molecule has 0 heterocycles. The van der Waals surface area contributed by atoms with Crippen molar-refractivity contribution < 1.29 is 5.11 Å². The maximum Gasteiger partial charge on any atom is 0.0610 e. The second-order valence-corrected chi connectivity index (χ2v) is 5.98.